The predicted octanol–water partition coefficient (Wildman–Crippen LogP) is 11.3. The van der Waals surface area contributed by atoms with Gasteiger partial charge < -0.3 is 24.1 Å². The summed E-state index contributed by atoms with van der Waals surface area (Å²) in [6, 6.07) is 6.93. The van der Waals surface area contributed by atoms with Gasteiger partial charge in [0.2, 0.25) is 0 Å². The number of esters is 1. The van der Waals surface area contributed by atoms with Crippen molar-refractivity contribution in [1.82, 2.24) is 0 Å². The van der Waals surface area contributed by atoms with Gasteiger partial charge in [-0.1, -0.05) is 104 Å². The molecule has 1 aliphatic heterocycles. The Morgan fingerprint density at radius 1 is 0.712 bits per heavy atom. The molecule has 0 bridgehead atoms. The predicted molar refractivity (Wildman–Crippen MR) is 207 cm³/mol. The van der Waals surface area contributed by atoms with Crippen LogP contribution >= 0.6 is 0 Å². The lowest BCUT2D eigenvalue weighted by atomic mass is 9.96. The Labute approximate surface area is 313 Å². The number of ether oxygens (including phenoxy) is 4. The summed E-state index contributed by atoms with van der Waals surface area (Å²) in [7, 11) is 0. The summed E-state index contributed by atoms with van der Waals surface area (Å²) < 4.78 is 23.7. The highest BCUT2D eigenvalue weighted by atomic mass is 16.6. The summed E-state index contributed by atoms with van der Waals surface area (Å²) >= 11 is 0. The van der Waals surface area contributed by atoms with E-state index in [-0.39, 0.29) is 29.2 Å². The first-order chi connectivity index (χ1) is 25.1. The molecule has 2 aromatic rings. The molecule has 0 saturated carbocycles. The Morgan fingerprint density at radius 2 is 1.23 bits per heavy atom. The molecule has 0 spiro atoms. The minimum atomic E-state index is -0.660. The Kier molecular flexibility index (Phi) is 19.7. The Balaban J connectivity index is 1.34. The number of carbonyl (C=O) groups excluding carboxylic acids is 3. The second-order valence-corrected chi connectivity index (χ2v) is 14.8. The smallest absolute Gasteiger partial charge is 0.347 e. The van der Waals surface area contributed by atoms with E-state index in [1.165, 1.54) is 90.9 Å². The third-order valence-corrected chi connectivity index (χ3v) is 9.93. The number of phenols is 1. The summed E-state index contributed by atoms with van der Waals surface area (Å²) in [5.74, 6) is 1.01. The quantitative estimate of drug-likeness (QED) is 0.0551. The normalized spacial score (nSPS) is 13.8. The van der Waals surface area contributed by atoms with Crippen LogP contribution in [0.1, 0.15) is 188 Å². The van der Waals surface area contributed by atoms with E-state index in [0.717, 1.165) is 37.7 Å². The molecule has 0 radical (unpaired) electrons. The van der Waals surface area contributed by atoms with E-state index in [4.69, 9.17) is 18.9 Å². The average Bonchev–Trinajstić information content (AvgIpc) is 3.11. The second kappa shape index (κ2) is 23.9. The van der Waals surface area contributed by atoms with E-state index in [0.29, 0.717) is 66.6 Å². The zero-order chi connectivity index (χ0) is 37.7. The molecule has 0 fully saturated rings. The van der Waals surface area contributed by atoms with Crippen molar-refractivity contribution in [3.05, 3.63) is 46.5 Å². The lowest BCUT2D eigenvalue weighted by molar-refractivity contribution is -0.152. The molecule has 0 aromatic heterocycles. The van der Waals surface area contributed by atoms with Gasteiger partial charge in [0.15, 0.2) is 17.7 Å². The summed E-state index contributed by atoms with van der Waals surface area (Å²) in [5.41, 5.74) is 2.35. The monoisotopic (exact) mass is 722 g/mol. The highest BCUT2D eigenvalue weighted by Crippen LogP contribution is 2.38. The van der Waals surface area contributed by atoms with Gasteiger partial charge in [-0.25, -0.2) is 4.79 Å². The number of hydrogen-bond donors (Lipinski definition) is 1. The van der Waals surface area contributed by atoms with Gasteiger partial charge in [-0.3, -0.25) is 9.59 Å². The first-order valence-electron chi connectivity index (χ1n) is 20.3. The van der Waals surface area contributed by atoms with Crippen molar-refractivity contribution in [2.45, 2.75) is 169 Å². The number of benzene rings is 2. The number of aromatic hydroxyl groups is 1. The fourth-order valence-electron chi connectivity index (χ4n) is 6.84. The number of unbranched alkanes of at least 4 members (excludes halogenated alkanes) is 15. The summed E-state index contributed by atoms with van der Waals surface area (Å²) in [6.07, 6.45) is 20.8. The minimum absolute atomic E-state index is 0.00140. The number of aryl methyl sites for hydroxylation is 1. The average molecular weight is 723 g/mol. The van der Waals surface area contributed by atoms with Crippen LogP contribution < -0.4 is 14.2 Å². The number of fused-ring (bicyclic) bond motifs is 1. The maximum Gasteiger partial charge on any atom is 0.347 e. The molecule has 0 amide bonds. The standard InChI is InChI=1S/C44H66O8/c1-6-7-8-9-10-11-12-13-14-15-16-17-18-20-29-51-44(48)39-25-23-35-30-37(34(5)46)41(31-40(35)52-39)50-28-22-19-21-27-49-38-26-24-36(33(4)45)43(47)42(38)32(2)3/h24,26,30-32,39,47H,6-23,25,27-29H2,1-5H3. The van der Waals surface area contributed by atoms with E-state index in [9.17, 15) is 19.5 Å². The van der Waals surface area contributed by atoms with Crippen LogP contribution in [0, 0.1) is 0 Å². The Bertz CT molecular complexity index is 1400. The van der Waals surface area contributed by atoms with Gasteiger partial charge in [0.25, 0.3) is 0 Å². The maximum absolute atomic E-state index is 12.8. The van der Waals surface area contributed by atoms with Gasteiger partial charge in [0, 0.05) is 11.6 Å². The lowest BCUT2D eigenvalue weighted by Crippen LogP contribution is -2.33. The van der Waals surface area contributed by atoms with Gasteiger partial charge in [0.05, 0.1) is 30.9 Å². The lowest BCUT2D eigenvalue weighted by Gasteiger charge is -2.26. The van der Waals surface area contributed by atoms with E-state index < -0.39 is 6.10 Å². The van der Waals surface area contributed by atoms with Crippen molar-refractivity contribution < 1.29 is 38.4 Å². The summed E-state index contributed by atoms with van der Waals surface area (Å²) in [5, 5.41) is 10.6. The van der Waals surface area contributed by atoms with Gasteiger partial charge in [-0.2, -0.15) is 0 Å². The fourth-order valence-corrected chi connectivity index (χ4v) is 6.84. The van der Waals surface area contributed by atoms with Crippen LogP contribution in [0.4, 0.5) is 0 Å². The molecule has 1 unspecified atom stereocenters. The minimum Gasteiger partial charge on any atom is -0.507 e. The van der Waals surface area contributed by atoms with Crippen LogP contribution in [0.5, 0.6) is 23.0 Å². The fraction of sp³-hybridized carbons (Fsp3) is 0.659. The number of Topliss-reactive ketones (excluding diaryl/α,β-unsaturated/α-hetero) is 2. The van der Waals surface area contributed by atoms with Crippen LogP contribution in [-0.4, -0.2) is 48.6 Å². The molecule has 0 saturated heterocycles. The van der Waals surface area contributed by atoms with Gasteiger partial charge in [0.1, 0.15) is 23.0 Å². The number of ketones is 2. The second-order valence-electron chi connectivity index (χ2n) is 14.8. The molecule has 8 nitrogen and oxygen atoms in total. The van der Waals surface area contributed by atoms with E-state index >= 15 is 0 Å². The summed E-state index contributed by atoms with van der Waals surface area (Å²) in [4.78, 5) is 37.1. The molecule has 1 heterocycles. The molecule has 2 aromatic carbocycles. The van der Waals surface area contributed by atoms with E-state index in [1.54, 1.807) is 18.2 Å². The van der Waals surface area contributed by atoms with Crippen molar-refractivity contribution in [3.8, 4) is 23.0 Å². The van der Waals surface area contributed by atoms with Gasteiger partial charge >= 0.3 is 5.97 Å². The van der Waals surface area contributed by atoms with Crippen LogP contribution in [0.25, 0.3) is 0 Å². The van der Waals surface area contributed by atoms with Crippen LogP contribution in [-0.2, 0) is 16.0 Å². The molecule has 0 aliphatic carbocycles. The number of rotatable bonds is 27. The molecule has 8 heteroatoms. The molecular formula is C44H66O8. The van der Waals surface area contributed by atoms with Crippen LogP contribution in [0.15, 0.2) is 24.3 Å². The van der Waals surface area contributed by atoms with Crippen molar-refractivity contribution in [2.24, 2.45) is 0 Å². The maximum atomic E-state index is 12.8. The van der Waals surface area contributed by atoms with Crippen LogP contribution in [0.3, 0.4) is 0 Å². The van der Waals surface area contributed by atoms with E-state index in [1.807, 2.05) is 19.9 Å². The number of phenolic OH excluding ortho intramolecular Hbond substituents is 1. The molecule has 290 valence electrons. The third-order valence-electron chi connectivity index (χ3n) is 9.93. The third kappa shape index (κ3) is 14.5. The van der Waals surface area contributed by atoms with E-state index in [2.05, 4.69) is 6.92 Å². The summed E-state index contributed by atoms with van der Waals surface area (Å²) in [6.45, 7) is 10.4. The first-order valence-corrected chi connectivity index (χ1v) is 20.3. The zero-order valence-corrected chi connectivity index (χ0v) is 32.8. The van der Waals surface area contributed by atoms with Gasteiger partial charge in [-0.05, 0) is 82.1 Å². The zero-order valence-electron chi connectivity index (χ0n) is 32.8. The number of hydrogen-bond acceptors (Lipinski definition) is 8. The van der Waals surface area contributed by atoms with Crippen LogP contribution in [0.2, 0.25) is 0 Å². The SMILES string of the molecule is CCCCCCCCCCCCCCCCOC(=O)C1CCc2cc(C(C)=O)c(OCCCCCOc3ccc(C(C)=O)c(O)c3C(C)C)cc2O1. The van der Waals surface area contributed by atoms with Crippen molar-refractivity contribution in [3.63, 3.8) is 0 Å². The molecule has 52 heavy (non-hydrogen) atoms. The topological polar surface area (TPSA) is 108 Å². The highest BCUT2D eigenvalue weighted by molar-refractivity contribution is 5.98. The number of carbonyl (C=O) groups is 3. The molecular weight excluding hydrogens is 656 g/mol. The first kappa shape index (κ1) is 42.9. The van der Waals surface area contributed by atoms with Crippen molar-refractivity contribution in [2.75, 3.05) is 19.8 Å². The molecule has 1 aliphatic rings. The molecule has 1 N–H and O–H groups in total. The Morgan fingerprint density at radius 3 is 1.79 bits per heavy atom. The van der Waals surface area contributed by atoms with Crippen molar-refractivity contribution >= 4 is 17.5 Å². The van der Waals surface area contributed by atoms with Gasteiger partial charge in [-0.15, -0.1) is 0 Å². The largest absolute Gasteiger partial charge is 0.507 e. The van der Waals surface area contributed by atoms with Crippen molar-refractivity contribution in [1.29, 1.82) is 0 Å². The molecule has 3 rings (SSSR count). The Hall–Kier alpha value is -3.55. The molecule has 1 atom stereocenters. The highest BCUT2D eigenvalue weighted by Gasteiger charge is 2.29.